The van der Waals surface area contributed by atoms with Crippen LogP contribution in [-0.2, 0) is 6.42 Å². The van der Waals surface area contributed by atoms with E-state index in [4.69, 9.17) is 4.74 Å². The van der Waals surface area contributed by atoms with Crippen LogP contribution in [0.5, 0.6) is 5.75 Å². The van der Waals surface area contributed by atoms with Crippen molar-refractivity contribution in [2.45, 2.75) is 56.2 Å². The average molecular weight is 308 g/mol. The SMILES string of the molecule is CNC(CCc1ccc(OC)cc1)CSC1CCCCC1. The number of benzene rings is 1. The second-order valence-electron chi connectivity index (χ2n) is 5.97. The van der Waals surface area contributed by atoms with Crippen LogP contribution < -0.4 is 10.1 Å². The fourth-order valence-corrected chi connectivity index (χ4v) is 4.43. The molecule has 1 atom stereocenters. The number of thioether (sulfide) groups is 1. The van der Waals surface area contributed by atoms with Gasteiger partial charge in [-0.2, -0.15) is 11.8 Å². The zero-order valence-electron chi connectivity index (χ0n) is 13.4. The van der Waals surface area contributed by atoms with Crippen molar-refractivity contribution < 1.29 is 4.74 Å². The van der Waals surface area contributed by atoms with E-state index in [9.17, 15) is 0 Å². The van der Waals surface area contributed by atoms with E-state index in [0.29, 0.717) is 6.04 Å². The second kappa shape index (κ2) is 9.37. The van der Waals surface area contributed by atoms with E-state index >= 15 is 0 Å². The van der Waals surface area contributed by atoms with Gasteiger partial charge in [0, 0.05) is 17.0 Å². The van der Waals surface area contributed by atoms with Crippen LogP contribution in [0, 0.1) is 0 Å². The maximum absolute atomic E-state index is 5.21. The van der Waals surface area contributed by atoms with Crippen LogP contribution in [0.4, 0.5) is 0 Å². The Morgan fingerprint density at radius 2 is 1.90 bits per heavy atom. The molecule has 21 heavy (non-hydrogen) atoms. The number of rotatable bonds is 8. The minimum atomic E-state index is 0.624. The van der Waals surface area contributed by atoms with Crippen molar-refractivity contribution in [3.8, 4) is 5.75 Å². The van der Waals surface area contributed by atoms with E-state index in [1.807, 2.05) is 0 Å². The summed E-state index contributed by atoms with van der Waals surface area (Å²) in [4.78, 5) is 0. The smallest absolute Gasteiger partial charge is 0.118 e. The molecule has 1 aromatic carbocycles. The molecule has 1 unspecified atom stereocenters. The summed E-state index contributed by atoms with van der Waals surface area (Å²) in [6.07, 6.45) is 9.54. The van der Waals surface area contributed by atoms with Crippen LogP contribution in [0.25, 0.3) is 0 Å². The highest BCUT2D eigenvalue weighted by Gasteiger charge is 2.16. The van der Waals surface area contributed by atoms with Crippen molar-refractivity contribution in [1.29, 1.82) is 0 Å². The first-order valence-corrected chi connectivity index (χ1v) is 9.28. The second-order valence-corrected chi connectivity index (χ2v) is 7.30. The summed E-state index contributed by atoms with van der Waals surface area (Å²) in [6.45, 7) is 0. The fraction of sp³-hybridized carbons (Fsp3) is 0.667. The molecule has 3 heteroatoms. The fourth-order valence-electron chi connectivity index (χ4n) is 2.93. The normalized spacial score (nSPS) is 17.6. The Bertz CT molecular complexity index is 387. The topological polar surface area (TPSA) is 21.3 Å². The quantitative estimate of drug-likeness (QED) is 0.774. The van der Waals surface area contributed by atoms with Crippen LogP contribution in [0.15, 0.2) is 24.3 Å². The van der Waals surface area contributed by atoms with Crippen molar-refractivity contribution in [2.24, 2.45) is 0 Å². The van der Waals surface area contributed by atoms with Crippen LogP contribution >= 0.6 is 11.8 Å². The van der Waals surface area contributed by atoms with Crippen LogP contribution in [0.3, 0.4) is 0 Å². The molecule has 1 saturated carbocycles. The first-order chi connectivity index (χ1) is 10.3. The van der Waals surface area contributed by atoms with Gasteiger partial charge in [0.25, 0.3) is 0 Å². The highest BCUT2D eigenvalue weighted by atomic mass is 32.2. The summed E-state index contributed by atoms with van der Waals surface area (Å²) in [5.74, 6) is 2.19. The lowest BCUT2D eigenvalue weighted by atomic mass is 10.0. The van der Waals surface area contributed by atoms with E-state index in [-0.39, 0.29) is 0 Å². The number of methoxy groups -OCH3 is 1. The van der Waals surface area contributed by atoms with E-state index < -0.39 is 0 Å². The van der Waals surface area contributed by atoms with Crippen LogP contribution in [0.1, 0.15) is 44.1 Å². The van der Waals surface area contributed by atoms with Crippen molar-refractivity contribution in [2.75, 3.05) is 19.9 Å². The van der Waals surface area contributed by atoms with E-state index in [0.717, 1.165) is 17.4 Å². The molecule has 1 aliphatic carbocycles. The molecular formula is C18H29NOS. The Hall–Kier alpha value is -0.670. The molecule has 0 saturated heterocycles. The van der Waals surface area contributed by atoms with Crippen molar-refractivity contribution >= 4 is 11.8 Å². The molecule has 2 nitrogen and oxygen atoms in total. The van der Waals surface area contributed by atoms with Gasteiger partial charge in [-0.15, -0.1) is 0 Å². The molecule has 1 aromatic rings. The van der Waals surface area contributed by atoms with Gasteiger partial charge in [0.1, 0.15) is 5.75 Å². The summed E-state index contributed by atoms with van der Waals surface area (Å²) in [7, 11) is 3.81. The first-order valence-electron chi connectivity index (χ1n) is 8.23. The number of hydrogen-bond donors (Lipinski definition) is 1. The molecule has 0 heterocycles. The number of hydrogen-bond acceptors (Lipinski definition) is 3. The number of ether oxygens (including phenoxy) is 1. The highest BCUT2D eigenvalue weighted by molar-refractivity contribution is 7.99. The minimum absolute atomic E-state index is 0.624. The highest BCUT2D eigenvalue weighted by Crippen LogP contribution is 2.29. The van der Waals surface area contributed by atoms with Gasteiger partial charge < -0.3 is 10.1 Å². The third-order valence-electron chi connectivity index (χ3n) is 4.43. The molecule has 0 aromatic heterocycles. The zero-order valence-corrected chi connectivity index (χ0v) is 14.3. The van der Waals surface area contributed by atoms with E-state index in [1.54, 1.807) is 7.11 Å². The van der Waals surface area contributed by atoms with E-state index in [1.165, 1.54) is 49.8 Å². The van der Waals surface area contributed by atoms with Crippen molar-refractivity contribution in [3.05, 3.63) is 29.8 Å². The Kier molecular flexibility index (Phi) is 7.45. The third kappa shape index (κ3) is 5.91. The zero-order chi connectivity index (χ0) is 14.9. The molecule has 0 spiro atoms. The van der Waals surface area contributed by atoms with Crippen molar-refractivity contribution in [3.63, 3.8) is 0 Å². The molecule has 118 valence electrons. The summed E-state index contributed by atoms with van der Waals surface area (Å²) in [5.41, 5.74) is 1.40. The lowest BCUT2D eigenvalue weighted by Gasteiger charge is -2.24. The Labute approximate surface area is 134 Å². The van der Waals surface area contributed by atoms with Gasteiger partial charge in [-0.25, -0.2) is 0 Å². The standard InChI is InChI=1S/C18H29NOS/c1-19-16(14-21-18-6-4-3-5-7-18)11-8-15-9-12-17(20-2)13-10-15/h9-10,12-13,16,18-19H,3-8,11,14H2,1-2H3. The largest absolute Gasteiger partial charge is 0.497 e. The van der Waals surface area contributed by atoms with Gasteiger partial charge in [0.15, 0.2) is 0 Å². The summed E-state index contributed by atoms with van der Waals surface area (Å²) in [6, 6.07) is 9.10. The predicted octanol–water partition coefficient (Wildman–Crippen LogP) is 4.28. The molecule has 1 aliphatic rings. The third-order valence-corrected chi connectivity index (χ3v) is 5.97. The first kappa shape index (κ1) is 16.7. The maximum Gasteiger partial charge on any atom is 0.118 e. The predicted molar refractivity (Wildman–Crippen MR) is 93.5 cm³/mol. The van der Waals surface area contributed by atoms with Crippen LogP contribution in [-0.4, -0.2) is 31.2 Å². The molecule has 0 amide bonds. The molecule has 0 bridgehead atoms. The number of aryl methyl sites for hydroxylation is 1. The maximum atomic E-state index is 5.21. The van der Waals surface area contributed by atoms with Gasteiger partial charge in [-0.05, 0) is 50.4 Å². The molecular weight excluding hydrogens is 278 g/mol. The van der Waals surface area contributed by atoms with Gasteiger partial charge in [0.2, 0.25) is 0 Å². The lowest BCUT2D eigenvalue weighted by molar-refractivity contribution is 0.414. The Balaban J connectivity index is 1.70. The van der Waals surface area contributed by atoms with Gasteiger partial charge in [-0.3, -0.25) is 0 Å². The molecule has 2 rings (SSSR count). The minimum Gasteiger partial charge on any atom is -0.497 e. The average Bonchev–Trinajstić information content (AvgIpc) is 2.56. The lowest BCUT2D eigenvalue weighted by Crippen LogP contribution is -2.29. The van der Waals surface area contributed by atoms with Gasteiger partial charge >= 0.3 is 0 Å². The van der Waals surface area contributed by atoms with Crippen LogP contribution in [0.2, 0.25) is 0 Å². The molecule has 1 fully saturated rings. The summed E-state index contributed by atoms with van der Waals surface area (Å²) < 4.78 is 5.21. The summed E-state index contributed by atoms with van der Waals surface area (Å²) in [5, 5.41) is 4.40. The molecule has 0 radical (unpaired) electrons. The van der Waals surface area contributed by atoms with E-state index in [2.05, 4.69) is 48.4 Å². The Morgan fingerprint density at radius 3 is 2.52 bits per heavy atom. The molecule has 1 N–H and O–H groups in total. The Morgan fingerprint density at radius 1 is 1.19 bits per heavy atom. The molecule has 0 aliphatic heterocycles. The monoisotopic (exact) mass is 307 g/mol. The van der Waals surface area contributed by atoms with Gasteiger partial charge in [0.05, 0.1) is 7.11 Å². The number of nitrogens with one attached hydrogen (secondary N) is 1. The van der Waals surface area contributed by atoms with Gasteiger partial charge in [-0.1, -0.05) is 31.4 Å². The van der Waals surface area contributed by atoms with Crippen molar-refractivity contribution in [1.82, 2.24) is 5.32 Å². The summed E-state index contributed by atoms with van der Waals surface area (Å²) >= 11 is 2.19.